The molecule has 0 radical (unpaired) electrons. The number of carbonyl (C=O) groups excluding carboxylic acids is 2. The summed E-state index contributed by atoms with van der Waals surface area (Å²) in [6, 6.07) is -1.57. The molecule has 37 heavy (non-hydrogen) atoms. The lowest BCUT2D eigenvalue weighted by atomic mass is 9.94. The van der Waals surface area contributed by atoms with Gasteiger partial charge in [0, 0.05) is 26.1 Å². The van der Waals surface area contributed by atoms with Gasteiger partial charge < -0.3 is 29.5 Å². The van der Waals surface area contributed by atoms with E-state index in [0.717, 1.165) is 0 Å². The summed E-state index contributed by atoms with van der Waals surface area (Å²) >= 11 is 1.18. The number of nitrogens with zero attached hydrogens (tertiary/aromatic N) is 5. The van der Waals surface area contributed by atoms with Crippen molar-refractivity contribution < 1.29 is 37.1 Å². The highest BCUT2D eigenvalue weighted by atomic mass is 32.1. The molecular weight excluding hydrogens is 519 g/mol. The van der Waals surface area contributed by atoms with E-state index in [1.54, 1.807) is 18.7 Å². The Morgan fingerprint density at radius 2 is 2.00 bits per heavy atom. The molecule has 3 N–H and O–H groups in total. The van der Waals surface area contributed by atoms with Crippen LogP contribution in [0.1, 0.15) is 49.1 Å². The third kappa shape index (κ3) is 4.67. The lowest BCUT2D eigenvalue weighted by molar-refractivity contribution is -0.162. The summed E-state index contributed by atoms with van der Waals surface area (Å²) in [5, 5.41) is 19.0. The molecule has 1 saturated carbocycles. The first-order valence-electron chi connectivity index (χ1n) is 11.6. The minimum absolute atomic E-state index is 0.0232. The van der Waals surface area contributed by atoms with Gasteiger partial charge in [-0.15, -0.1) is 0 Å². The summed E-state index contributed by atoms with van der Waals surface area (Å²) in [4.78, 5) is 37.2. The lowest BCUT2D eigenvalue weighted by Crippen LogP contribution is -2.59. The summed E-state index contributed by atoms with van der Waals surface area (Å²) in [6.07, 6.45) is -4.88. The largest absolute Gasteiger partial charge is 0.453 e. The van der Waals surface area contributed by atoms with Crippen LogP contribution >= 0.6 is 11.3 Å². The predicted octanol–water partition coefficient (Wildman–Crippen LogP) is 2.57. The maximum atomic E-state index is 13.6. The van der Waals surface area contributed by atoms with Crippen LogP contribution in [-0.2, 0) is 16.6 Å². The van der Waals surface area contributed by atoms with Crippen LogP contribution in [0.3, 0.4) is 0 Å². The van der Waals surface area contributed by atoms with Crippen LogP contribution in [0.25, 0.3) is 0 Å². The number of alkyl halides is 3. The van der Waals surface area contributed by atoms with Crippen molar-refractivity contribution in [3.63, 3.8) is 0 Å². The van der Waals surface area contributed by atoms with Crippen molar-refractivity contribution in [1.82, 2.24) is 25.3 Å². The van der Waals surface area contributed by atoms with E-state index in [9.17, 15) is 27.9 Å². The van der Waals surface area contributed by atoms with E-state index in [0.29, 0.717) is 22.1 Å². The van der Waals surface area contributed by atoms with E-state index in [-0.39, 0.29) is 44.3 Å². The number of fused-ring (bicyclic) bond motifs is 4. The fourth-order valence-electron chi connectivity index (χ4n) is 4.67. The number of ether oxygens (including phenoxy) is 1. The van der Waals surface area contributed by atoms with Gasteiger partial charge in [-0.05, 0) is 26.7 Å². The molecule has 202 valence electrons. The number of aromatic nitrogens is 3. The summed E-state index contributed by atoms with van der Waals surface area (Å²) in [5.41, 5.74) is -2.48. The molecule has 1 aliphatic carbocycles. The molecule has 2 bridgehead atoms. The number of piperazine rings is 1. The van der Waals surface area contributed by atoms with E-state index >= 15 is 0 Å². The molecule has 2 atom stereocenters. The molecule has 3 aliphatic rings. The number of methoxy groups -OCH3 is 1. The molecule has 0 aromatic carbocycles. The molecular formula is C21H26F3N7O5S. The van der Waals surface area contributed by atoms with Crippen LogP contribution in [0.2, 0.25) is 0 Å². The first kappa shape index (κ1) is 25.5. The summed E-state index contributed by atoms with van der Waals surface area (Å²) in [7, 11) is 1.27. The average Bonchev–Trinajstić information content (AvgIpc) is 3.33. The number of thiazole rings is 1. The van der Waals surface area contributed by atoms with Gasteiger partial charge in [-0.2, -0.15) is 18.2 Å². The van der Waals surface area contributed by atoms with Crippen molar-refractivity contribution in [3.8, 4) is 0 Å². The van der Waals surface area contributed by atoms with Gasteiger partial charge in [0.15, 0.2) is 11.0 Å². The minimum atomic E-state index is -4.48. The average molecular weight is 546 g/mol. The number of anilines is 2. The highest BCUT2D eigenvalue weighted by molar-refractivity contribution is 7.16. The first-order chi connectivity index (χ1) is 17.3. The smallest absolute Gasteiger partial charge is 0.409 e. The number of halogens is 3. The van der Waals surface area contributed by atoms with Gasteiger partial charge in [0.2, 0.25) is 0 Å². The topological polar surface area (TPSA) is 146 Å². The van der Waals surface area contributed by atoms with E-state index in [4.69, 9.17) is 9.26 Å². The number of hydrogen-bond acceptors (Lipinski definition) is 10. The monoisotopic (exact) mass is 545 g/mol. The van der Waals surface area contributed by atoms with Crippen LogP contribution in [0.4, 0.5) is 33.9 Å². The molecule has 16 heteroatoms. The van der Waals surface area contributed by atoms with Crippen molar-refractivity contribution in [3.05, 3.63) is 16.4 Å². The quantitative estimate of drug-likeness (QED) is 0.516. The minimum Gasteiger partial charge on any atom is -0.453 e. The number of carbonyl (C=O) groups is 2. The van der Waals surface area contributed by atoms with Gasteiger partial charge in [-0.1, -0.05) is 16.5 Å². The standard InChI is InChI=1S/C21H26F3N7O5S/c1-19(2,34)9-25-15(32)28-16-26-11-6-10-7-30(18(33)35-3)8-12(13(11)37-16)31(10)17-27-14(29-36-17)20(4-5-20)21(22,23)24/h10,12,34H,4-9H2,1-3H3,(H2,25,26,28,32). The first-order valence-corrected chi connectivity index (χ1v) is 12.4. The Bertz CT molecular complexity index is 1210. The van der Waals surface area contributed by atoms with Gasteiger partial charge in [0.25, 0.3) is 0 Å². The number of amides is 3. The highest BCUT2D eigenvalue weighted by Gasteiger charge is 2.67. The zero-order valence-corrected chi connectivity index (χ0v) is 21.1. The molecule has 2 unspecified atom stereocenters. The highest BCUT2D eigenvalue weighted by Crippen LogP contribution is 2.58. The zero-order valence-electron chi connectivity index (χ0n) is 20.3. The molecule has 2 aromatic heterocycles. The third-order valence-electron chi connectivity index (χ3n) is 6.70. The van der Waals surface area contributed by atoms with Crippen molar-refractivity contribution in [1.29, 1.82) is 0 Å². The van der Waals surface area contributed by atoms with Crippen molar-refractivity contribution in [2.45, 2.75) is 62.4 Å². The predicted molar refractivity (Wildman–Crippen MR) is 123 cm³/mol. The second-order valence-corrected chi connectivity index (χ2v) is 11.1. The lowest BCUT2D eigenvalue weighted by Gasteiger charge is -2.47. The Morgan fingerprint density at radius 3 is 2.62 bits per heavy atom. The molecule has 1 saturated heterocycles. The second-order valence-electron chi connectivity index (χ2n) is 10.1. The summed E-state index contributed by atoms with van der Waals surface area (Å²) < 4.78 is 51.1. The van der Waals surface area contributed by atoms with Crippen LogP contribution in [0.15, 0.2) is 4.52 Å². The molecule has 5 rings (SSSR count). The maximum absolute atomic E-state index is 13.6. The normalized spacial score (nSPS) is 22.4. The van der Waals surface area contributed by atoms with Crippen LogP contribution < -0.4 is 15.5 Å². The van der Waals surface area contributed by atoms with Crippen molar-refractivity contribution in [2.75, 3.05) is 37.0 Å². The van der Waals surface area contributed by atoms with Gasteiger partial charge in [0.05, 0.1) is 35.4 Å². The Hall–Kier alpha value is -3.14. The van der Waals surface area contributed by atoms with Gasteiger partial charge >= 0.3 is 24.3 Å². The van der Waals surface area contributed by atoms with Crippen LogP contribution in [-0.4, -0.2) is 81.8 Å². The fourth-order valence-corrected chi connectivity index (χ4v) is 5.74. The third-order valence-corrected chi connectivity index (χ3v) is 7.82. The van der Waals surface area contributed by atoms with Gasteiger partial charge in [-0.3, -0.25) is 5.32 Å². The Labute approximate surface area is 213 Å². The summed E-state index contributed by atoms with van der Waals surface area (Å²) in [5.74, 6) is -0.390. The molecule has 12 nitrogen and oxygen atoms in total. The zero-order chi connectivity index (χ0) is 26.8. The molecule has 0 spiro atoms. The number of hydrogen-bond donors (Lipinski definition) is 3. The van der Waals surface area contributed by atoms with E-state index in [2.05, 4.69) is 25.8 Å². The van der Waals surface area contributed by atoms with Crippen molar-refractivity contribution >= 4 is 34.6 Å². The maximum Gasteiger partial charge on any atom is 0.409 e. The molecule has 2 fully saturated rings. The number of nitrogens with one attached hydrogen (secondary N) is 2. The Kier molecular flexibility index (Phi) is 6.01. The molecule has 3 amide bonds. The van der Waals surface area contributed by atoms with E-state index < -0.39 is 41.4 Å². The number of aliphatic hydroxyl groups is 1. The van der Waals surface area contributed by atoms with E-state index in [1.807, 2.05) is 0 Å². The fraction of sp³-hybridized carbons (Fsp3) is 0.667. The SMILES string of the molecule is COC(=O)N1CC2Cc3nc(NC(=O)NCC(C)(C)O)sc3C(C1)N2c1nc(C2(C(F)(F)F)CC2)no1. The summed E-state index contributed by atoms with van der Waals surface area (Å²) in [6.45, 7) is 3.48. The molecule has 2 aromatic rings. The Balaban J connectivity index is 1.42. The van der Waals surface area contributed by atoms with Gasteiger partial charge in [-0.25, -0.2) is 14.6 Å². The molecule has 2 aliphatic heterocycles. The Morgan fingerprint density at radius 1 is 1.27 bits per heavy atom. The number of urea groups is 1. The van der Waals surface area contributed by atoms with Crippen molar-refractivity contribution in [2.24, 2.45) is 0 Å². The van der Waals surface area contributed by atoms with Crippen LogP contribution in [0.5, 0.6) is 0 Å². The van der Waals surface area contributed by atoms with Crippen LogP contribution in [0, 0.1) is 0 Å². The number of rotatable bonds is 5. The van der Waals surface area contributed by atoms with Gasteiger partial charge in [0.1, 0.15) is 5.41 Å². The van der Waals surface area contributed by atoms with E-state index in [1.165, 1.54) is 23.3 Å². The molecule has 4 heterocycles. The second kappa shape index (κ2) is 8.72.